The third-order valence-electron chi connectivity index (χ3n) is 2.37. The summed E-state index contributed by atoms with van der Waals surface area (Å²) in [4.78, 5) is 0. The summed E-state index contributed by atoms with van der Waals surface area (Å²) in [6, 6.07) is 5.51. The maximum Gasteiger partial charge on any atom is 0.573 e. The van der Waals surface area contributed by atoms with Gasteiger partial charge in [-0.05, 0) is 12.1 Å². The van der Waals surface area contributed by atoms with Crippen molar-refractivity contribution in [2.24, 2.45) is 5.41 Å². The Balaban J connectivity index is 2.03. The maximum atomic E-state index is 12.3. The Morgan fingerprint density at radius 3 is 2.20 bits per heavy atom. The Labute approximate surface area is 115 Å². The second kappa shape index (κ2) is 5.76. The molecule has 8 heteroatoms. The fourth-order valence-electron chi connectivity index (χ4n) is 1.40. The zero-order valence-electron chi connectivity index (χ0n) is 10.9. The summed E-state index contributed by atoms with van der Waals surface area (Å²) >= 11 is 0. The van der Waals surface area contributed by atoms with Crippen LogP contribution in [-0.4, -0.2) is 19.6 Å². The van der Waals surface area contributed by atoms with Crippen LogP contribution < -0.4 is 9.26 Å². The van der Waals surface area contributed by atoms with Crippen molar-refractivity contribution >= 4 is 8.60 Å². The summed E-state index contributed by atoms with van der Waals surface area (Å²) < 4.78 is 56.7. The first-order chi connectivity index (χ1) is 9.25. The fourth-order valence-corrected chi connectivity index (χ4v) is 2.80. The van der Waals surface area contributed by atoms with Gasteiger partial charge >= 0.3 is 15.0 Å². The molecule has 0 spiro atoms. The maximum absolute atomic E-state index is 12.3. The minimum Gasteiger partial charge on any atom is -0.423 e. The molecule has 0 N–H and O–H groups in total. The van der Waals surface area contributed by atoms with E-state index in [-0.39, 0.29) is 11.2 Å². The Bertz CT molecular complexity index is 454. The minimum atomic E-state index is -4.77. The van der Waals surface area contributed by atoms with Crippen LogP contribution in [0.25, 0.3) is 0 Å². The summed E-state index contributed by atoms with van der Waals surface area (Å²) in [6.07, 6.45) is -4.77. The predicted octanol–water partition coefficient (Wildman–Crippen LogP) is 4.26. The summed E-state index contributed by atoms with van der Waals surface area (Å²) in [6.45, 7) is 4.75. The molecule has 1 aliphatic heterocycles. The summed E-state index contributed by atoms with van der Waals surface area (Å²) in [5.74, 6) is -0.477. The van der Waals surface area contributed by atoms with E-state index in [1.807, 2.05) is 13.8 Å². The molecule has 1 aromatic carbocycles. The third-order valence-corrected chi connectivity index (χ3v) is 3.39. The normalized spacial score (nSPS) is 19.6. The molecule has 2 rings (SSSR count). The highest BCUT2D eigenvalue weighted by Gasteiger charge is 2.34. The number of rotatable bonds is 3. The van der Waals surface area contributed by atoms with Crippen LogP contribution in [0.5, 0.6) is 11.5 Å². The van der Waals surface area contributed by atoms with Gasteiger partial charge < -0.3 is 18.3 Å². The molecule has 0 atom stereocenters. The molecular formula is C12H14F3O4P. The lowest BCUT2D eigenvalue weighted by Gasteiger charge is -2.32. The summed E-state index contributed by atoms with van der Waals surface area (Å²) in [5, 5.41) is 0. The second-order valence-corrected chi connectivity index (χ2v) is 6.17. The van der Waals surface area contributed by atoms with Gasteiger partial charge in [-0.2, -0.15) is 0 Å². The van der Waals surface area contributed by atoms with E-state index in [0.29, 0.717) is 13.2 Å². The van der Waals surface area contributed by atoms with Crippen LogP contribution >= 0.6 is 8.60 Å². The quantitative estimate of drug-likeness (QED) is 0.782. The van der Waals surface area contributed by atoms with Crippen molar-refractivity contribution in [3.8, 4) is 11.5 Å². The molecule has 0 bridgehead atoms. The van der Waals surface area contributed by atoms with Crippen LogP contribution in [0.15, 0.2) is 24.3 Å². The first-order valence-corrected chi connectivity index (χ1v) is 6.93. The van der Waals surface area contributed by atoms with Crippen LogP contribution in [0.2, 0.25) is 0 Å². The smallest absolute Gasteiger partial charge is 0.423 e. The van der Waals surface area contributed by atoms with Gasteiger partial charge in [0.1, 0.15) is 0 Å². The topological polar surface area (TPSA) is 36.9 Å². The number of alkyl halides is 3. The van der Waals surface area contributed by atoms with E-state index in [1.54, 1.807) is 6.07 Å². The van der Waals surface area contributed by atoms with E-state index in [0.717, 1.165) is 0 Å². The Hall–Kier alpha value is -1.04. The molecular weight excluding hydrogens is 296 g/mol. The van der Waals surface area contributed by atoms with Gasteiger partial charge in [-0.1, -0.05) is 26.0 Å². The van der Waals surface area contributed by atoms with Gasteiger partial charge in [0, 0.05) is 5.41 Å². The molecule has 0 aliphatic carbocycles. The summed E-state index contributed by atoms with van der Waals surface area (Å²) in [7, 11) is -1.71. The highest BCUT2D eigenvalue weighted by atomic mass is 31.2. The number of para-hydroxylation sites is 2. The molecule has 1 aliphatic rings. The molecule has 0 unspecified atom stereocenters. The van der Waals surface area contributed by atoms with Crippen molar-refractivity contribution in [1.29, 1.82) is 0 Å². The Kier molecular flexibility index (Phi) is 4.42. The van der Waals surface area contributed by atoms with E-state index in [1.165, 1.54) is 18.2 Å². The van der Waals surface area contributed by atoms with Crippen LogP contribution in [-0.2, 0) is 9.05 Å². The van der Waals surface area contributed by atoms with Gasteiger partial charge in [-0.25, -0.2) is 0 Å². The lowest BCUT2D eigenvalue weighted by atomic mass is 9.97. The van der Waals surface area contributed by atoms with E-state index < -0.39 is 20.7 Å². The van der Waals surface area contributed by atoms with Crippen molar-refractivity contribution < 1.29 is 31.5 Å². The molecule has 1 saturated heterocycles. The molecule has 1 fully saturated rings. The number of hydrogen-bond donors (Lipinski definition) is 0. The molecule has 1 heterocycles. The van der Waals surface area contributed by atoms with Crippen molar-refractivity contribution in [3.63, 3.8) is 0 Å². The molecule has 1 aromatic rings. The van der Waals surface area contributed by atoms with E-state index in [9.17, 15) is 13.2 Å². The standard InChI is InChI=1S/C12H14F3O4P/c1-11(2)7-16-20(17-8-11)19-10-6-4-3-5-9(10)18-12(13,14)15/h3-6H,7-8H2,1-2H3. The van der Waals surface area contributed by atoms with Crippen LogP contribution in [0.3, 0.4) is 0 Å². The van der Waals surface area contributed by atoms with Gasteiger partial charge in [0.2, 0.25) is 0 Å². The van der Waals surface area contributed by atoms with E-state index in [4.69, 9.17) is 13.6 Å². The second-order valence-electron chi connectivity index (χ2n) is 5.02. The van der Waals surface area contributed by atoms with Crippen molar-refractivity contribution in [1.82, 2.24) is 0 Å². The monoisotopic (exact) mass is 310 g/mol. The lowest BCUT2D eigenvalue weighted by molar-refractivity contribution is -0.275. The van der Waals surface area contributed by atoms with Crippen LogP contribution in [0.1, 0.15) is 13.8 Å². The highest BCUT2D eigenvalue weighted by molar-refractivity contribution is 7.42. The van der Waals surface area contributed by atoms with Gasteiger partial charge in [0.25, 0.3) is 0 Å². The Morgan fingerprint density at radius 2 is 1.65 bits per heavy atom. The first-order valence-electron chi connectivity index (χ1n) is 5.84. The molecule has 0 saturated carbocycles. The number of hydrogen-bond acceptors (Lipinski definition) is 4. The van der Waals surface area contributed by atoms with E-state index in [2.05, 4.69) is 4.74 Å². The average Bonchev–Trinajstić information content (AvgIpc) is 2.32. The van der Waals surface area contributed by atoms with E-state index >= 15 is 0 Å². The van der Waals surface area contributed by atoms with Gasteiger partial charge in [-0.15, -0.1) is 13.2 Å². The minimum absolute atomic E-state index is 0.0596. The predicted molar refractivity (Wildman–Crippen MR) is 66.4 cm³/mol. The fraction of sp³-hybridized carbons (Fsp3) is 0.500. The number of halogens is 3. The third kappa shape index (κ3) is 4.51. The lowest BCUT2D eigenvalue weighted by Crippen LogP contribution is -2.29. The largest absolute Gasteiger partial charge is 0.573 e. The summed E-state index contributed by atoms with van der Waals surface area (Å²) in [5.41, 5.74) is -0.135. The van der Waals surface area contributed by atoms with Crippen molar-refractivity contribution in [2.45, 2.75) is 20.2 Å². The van der Waals surface area contributed by atoms with Crippen molar-refractivity contribution in [3.05, 3.63) is 24.3 Å². The van der Waals surface area contributed by atoms with Crippen LogP contribution in [0.4, 0.5) is 13.2 Å². The molecule has 20 heavy (non-hydrogen) atoms. The molecule has 112 valence electrons. The number of benzene rings is 1. The molecule has 4 nitrogen and oxygen atoms in total. The van der Waals surface area contributed by atoms with Gasteiger partial charge in [0.15, 0.2) is 11.5 Å². The van der Waals surface area contributed by atoms with Gasteiger partial charge in [-0.3, -0.25) is 0 Å². The highest BCUT2D eigenvalue weighted by Crippen LogP contribution is 2.49. The Morgan fingerprint density at radius 1 is 1.10 bits per heavy atom. The zero-order chi connectivity index (χ0) is 14.8. The molecule has 0 amide bonds. The molecule has 0 radical (unpaired) electrons. The zero-order valence-corrected chi connectivity index (χ0v) is 11.8. The SMILES string of the molecule is CC1(C)COP(Oc2ccccc2OC(F)(F)F)OC1. The average molecular weight is 310 g/mol. The van der Waals surface area contributed by atoms with Gasteiger partial charge in [0.05, 0.1) is 13.2 Å². The molecule has 0 aromatic heterocycles. The number of ether oxygens (including phenoxy) is 1. The van der Waals surface area contributed by atoms with Crippen molar-refractivity contribution in [2.75, 3.05) is 13.2 Å². The van der Waals surface area contributed by atoms with Crippen LogP contribution in [0, 0.1) is 5.41 Å². The first kappa shape index (κ1) is 15.4.